The van der Waals surface area contributed by atoms with Crippen molar-refractivity contribution in [2.24, 2.45) is 0 Å². The van der Waals surface area contributed by atoms with Crippen LogP contribution < -0.4 is 10.6 Å². The fourth-order valence-corrected chi connectivity index (χ4v) is 3.19. The van der Waals surface area contributed by atoms with Gasteiger partial charge in [0, 0.05) is 46.5 Å². The molecule has 0 spiro atoms. The third kappa shape index (κ3) is 6.39. The number of amides is 1. The topological polar surface area (TPSA) is 159 Å². The van der Waals surface area contributed by atoms with Crippen molar-refractivity contribution in [2.45, 2.75) is 44.9 Å². The second-order valence-corrected chi connectivity index (χ2v) is 8.49. The highest BCUT2D eigenvalue weighted by Gasteiger charge is 2.38. The van der Waals surface area contributed by atoms with Gasteiger partial charge in [-0.3, -0.25) is 4.79 Å². The molecule has 5 rings (SSSR count). The Kier molecular flexibility index (Phi) is 7.09. The monoisotopic (exact) mass is 517 g/mol. The number of carbonyl (C=O) groups is 2. The number of nitrogens with zero attached hydrogens (tertiary/aromatic N) is 4. The number of alkyl halides is 3. The first-order chi connectivity index (χ1) is 17.5. The number of aromatic amines is 1. The number of hydrogen-bond acceptors (Lipinski definition) is 8. The van der Waals surface area contributed by atoms with Gasteiger partial charge in [0.1, 0.15) is 5.69 Å². The summed E-state index contributed by atoms with van der Waals surface area (Å²) in [4.78, 5) is 33.3. The number of carboxylic acid groups (broad SMARTS) is 1. The summed E-state index contributed by atoms with van der Waals surface area (Å²) >= 11 is 0. The molecule has 4 aromatic rings. The van der Waals surface area contributed by atoms with E-state index in [1.54, 1.807) is 12.3 Å². The molecule has 1 aliphatic carbocycles. The zero-order valence-electron chi connectivity index (χ0n) is 19.6. The number of carboxylic acids is 1. The molecule has 1 fully saturated rings. The van der Waals surface area contributed by atoms with E-state index in [-0.39, 0.29) is 18.0 Å². The van der Waals surface area contributed by atoms with Crippen LogP contribution >= 0.6 is 0 Å². The van der Waals surface area contributed by atoms with Crippen LogP contribution in [0.1, 0.15) is 37.2 Å². The van der Waals surface area contributed by atoms with E-state index >= 15 is 0 Å². The van der Waals surface area contributed by atoms with Crippen LogP contribution in [0.4, 0.5) is 19.2 Å². The van der Waals surface area contributed by atoms with Crippen LogP contribution in [0.5, 0.6) is 0 Å². The SMILES string of the molecule is CC(C)Nc1nnc(-c2ccc3[nH]cc(-c4nccc(C(=O)NC5CC5)n4)c3c2)o1.O=C(O)C(F)(F)F. The third-order valence-electron chi connectivity index (χ3n) is 5.05. The van der Waals surface area contributed by atoms with Crippen molar-refractivity contribution < 1.29 is 32.3 Å². The lowest BCUT2D eigenvalue weighted by molar-refractivity contribution is -0.192. The van der Waals surface area contributed by atoms with Crippen LogP contribution in [0.25, 0.3) is 33.7 Å². The van der Waals surface area contributed by atoms with Gasteiger partial charge in [-0.2, -0.15) is 13.2 Å². The number of anilines is 1. The normalized spacial score (nSPS) is 13.2. The maximum atomic E-state index is 12.4. The zero-order valence-corrected chi connectivity index (χ0v) is 19.6. The molecule has 0 bridgehead atoms. The van der Waals surface area contributed by atoms with Gasteiger partial charge in [-0.05, 0) is 51.0 Å². The summed E-state index contributed by atoms with van der Waals surface area (Å²) in [7, 11) is 0. The number of hydrogen-bond donors (Lipinski definition) is 4. The van der Waals surface area contributed by atoms with E-state index < -0.39 is 12.1 Å². The molecule has 11 nitrogen and oxygen atoms in total. The standard InChI is InChI=1S/C21H21N7O2.C2HF3O2/c1-11(2)24-21-28-27-20(30-21)12-3-6-16-14(9-12)15(10-23-16)18-22-8-7-17(26-18)19(29)25-13-4-5-13;3-2(4,5)1(6)7/h3,6-11,13,23H,4-5H2,1-2H3,(H,24,28)(H,25,29);(H,6,7). The van der Waals surface area contributed by atoms with Crippen LogP contribution in [0.2, 0.25) is 0 Å². The molecular formula is C23H22F3N7O4. The lowest BCUT2D eigenvalue weighted by Gasteiger charge is -2.04. The van der Waals surface area contributed by atoms with Crippen LogP contribution in [0, 0.1) is 0 Å². The van der Waals surface area contributed by atoms with E-state index in [9.17, 15) is 18.0 Å². The molecule has 0 aliphatic heterocycles. The molecular weight excluding hydrogens is 495 g/mol. The Morgan fingerprint density at radius 3 is 2.57 bits per heavy atom. The fourth-order valence-electron chi connectivity index (χ4n) is 3.19. The maximum Gasteiger partial charge on any atom is 0.490 e. The van der Waals surface area contributed by atoms with Crippen LogP contribution in [0.3, 0.4) is 0 Å². The number of carbonyl (C=O) groups excluding carboxylic acids is 1. The molecule has 1 amide bonds. The highest BCUT2D eigenvalue weighted by atomic mass is 19.4. The first-order valence-electron chi connectivity index (χ1n) is 11.2. The Labute approximate surface area is 207 Å². The van der Waals surface area contributed by atoms with Crippen molar-refractivity contribution in [3.63, 3.8) is 0 Å². The highest BCUT2D eigenvalue weighted by Crippen LogP contribution is 2.31. The number of aromatic nitrogens is 5. The molecule has 1 saturated carbocycles. The summed E-state index contributed by atoms with van der Waals surface area (Å²) in [5.41, 5.74) is 2.87. The van der Waals surface area contributed by atoms with Crippen LogP contribution in [0.15, 0.2) is 41.1 Å². The number of fused-ring (bicyclic) bond motifs is 1. The van der Waals surface area contributed by atoms with Crippen molar-refractivity contribution in [3.05, 3.63) is 42.4 Å². The molecule has 1 aromatic carbocycles. The number of benzene rings is 1. The molecule has 3 aromatic heterocycles. The van der Waals surface area contributed by atoms with E-state index in [4.69, 9.17) is 14.3 Å². The van der Waals surface area contributed by atoms with Crippen molar-refractivity contribution in [2.75, 3.05) is 5.32 Å². The predicted octanol–water partition coefficient (Wildman–Crippen LogP) is 4.02. The summed E-state index contributed by atoms with van der Waals surface area (Å²) in [6.45, 7) is 4.00. The van der Waals surface area contributed by atoms with Crippen LogP contribution in [-0.4, -0.2) is 60.4 Å². The van der Waals surface area contributed by atoms with Gasteiger partial charge in [0.25, 0.3) is 5.91 Å². The van der Waals surface area contributed by atoms with Gasteiger partial charge in [0.15, 0.2) is 5.82 Å². The Hall–Kier alpha value is -4.49. The zero-order chi connectivity index (χ0) is 26.7. The first-order valence-corrected chi connectivity index (χ1v) is 11.2. The van der Waals surface area contributed by atoms with E-state index in [2.05, 4.69) is 35.8 Å². The Morgan fingerprint density at radius 2 is 1.92 bits per heavy atom. The van der Waals surface area contributed by atoms with Gasteiger partial charge in [-0.25, -0.2) is 14.8 Å². The van der Waals surface area contributed by atoms with E-state index in [0.29, 0.717) is 23.4 Å². The van der Waals surface area contributed by atoms with Gasteiger partial charge in [-0.1, -0.05) is 5.10 Å². The Balaban J connectivity index is 0.000000405. The molecule has 4 N–H and O–H groups in total. The largest absolute Gasteiger partial charge is 0.490 e. The second kappa shape index (κ2) is 10.2. The molecule has 194 valence electrons. The average molecular weight is 517 g/mol. The number of aliphatic carboxylic acids is 1. The third-order valence-corrected chi connectivity index (χ3v) is 5.05. The van der Waals surface area contributed by atoms with Crippen molar-refractivity contribution in [1.29, 1.82) is 0 Å². The van der Waals surface area contributed by atoms with Gasteiger partial charge < -0.3 is 25.1 Å². The van der Waals surface area contributed by atoms with Crippen molar-refractivity contribution >= 4 is 28.8 Å². The molecule has 1 aliphatic rings. The number of nitrogens with one attached hydrogen (secondary N) is 3. The minimum atomic E-state index is -5.08. The number of halogens is 3. The summed E-state index contributed by atoms with van der Waals surface area (Å²) in [5, 5.41) is 22.2. The smallest absolute Gasteiger partial charge is 0.475 e. The molecule has 0 atom stereocenters. The van der Waals surface area contributed by atoms with Gasteiger partial charge in [0.2, 0.25) is 5.89 Å². The fraction of sp³-hybridized carbons (Fsp3) is 0.304. The Bertz CT molecular complexity index is 1430. The van der Waals surface area contributed by atoms with Gasteiger partial charge >= 0.3 is 18.2 Å². The predicted molar refractivity (Wildman–Crippen MR) is 126 cm³/mol. The summed E-state index contributed by atoms with van der Waals surface area (Å²) in [6, 6.07) is 8.28. The summed E-state index contributed by atoms with van der Waals surface area (Å²) in [6.07, 6.45) is 0.415. The lowest BCUT2D eigenvalue weighted by atomic mass is 10.1. The number of H-pyrrole nitrogens is 1. The van der Waals surface area contributed by atoms with Crippen molar-refractivity contribution in [1.82, 2.24) is 30.5 Å². The van der Waals surface area contributed by atoms with E-state index in [1.807, 2.05) is 38.2 Å². The number of rotatable bonds is 6. The van der Waals surface area contributed by atoms with E-state index in [0.717, 1.165) is 34.9 Å². The second-order valence-electron chi connectivity index (χ2n) is 8.49. The van der Waals surface area contributed by atoms with Crippen molar-refractivity contribution in [3.8, 4) is 22.8 Å². The minimum absolute atomic E-state index is 0.169. The van der Waals surface area contributed by atoms with Crippen LogP contribution in [-0.2, 0) is 4.79 Å². The van der Waals surface area contributed by atoms with Gasteiger partial charge in [0.05, 0.1) is 0 Å². The minimum Gasteiger partial charge on any atom is -0.475 e. The molecule has 14 heteroatoms. The maximum absolute atomic E-state index is 12.4. The molecule has 0 unspecified atom stereocenters. The summed E-state index contributed by atoms with van der Waals surface area (Å²) in [5.74, 6) is -2.02. The molecule has 0 saturated heterocycles. The van der Waals surface area contributed by atoms with Gasteiger partial charge in [-0.15, -0.1) is 5.10 Å². The molecule has 37 heavy (non-hydrogen) atoms. The molecule has 0 radical (unpaired) electrons. The van der Waals surface area contributed by atoms with E-state index in [1.165, 1.54) is 0 Å². The lowest BCUT2D eigenvalue weighted by Crippen LogP contribution is -2.26. The molecule has 3 heterocycles. The highest BCUT2D eigenvalue weighted by molar-refractivity contribution is 5.97. The quantitative estimate of drug-likeness (QED) is 0.296. The average Bonchev–Trinajstić information content (AvgIpc) is 3.36. The first kappa shape index (κ1) is 25.6. The summed E-state index contributed by atoms with van der Waals surface area (Å²) < 4.78 is 37.5. The Morgan fingerprint density at radius 1 is 1.19 bits per heavy atom.